The Balaban J connectivity index is 1.79. The summed E-state index contributed by atoms with van der Waals surface area (Å²) in [4.78, 5) is 0. The first-order chi connectivity index (χ1) is 6.86. The number of hydrogen-bond acceptors (Lipinski definition) is 3. The van der Waals surface area contributed by atoms with Crippen molar-refractivity contribution in [3.05, 3.63) is 18.0 Å². The highest BCUT2D eigenvalue weighted by atomic mass is 32.2. The number of aromatic nitrogens is 2. The predicted octanol–water partition coefficient (Wildman–Crippen LogP) is 1.78. The Bertz CT molecular complexity index is 260. The first-order valence-corrected chi connectivity index (χ1v) is 6.24. The largest absolute Gasteiger partial charge is 0.307 e. The molecule has 2 rings (SSSR count). The SMILES string of the molecule is CC1SCCCC1NCc1ccn[nH]1. The molecule has 1 fully saturated rings. The van der Waals surface area contributed by atoms with Crippen LogP contribution in [0, 0.1) is 0 Å². The van der Waals surface area contributed by atoms with Crippen LogP contribution in [0.1, 0.15) is 25.5 Å². The van der Waals surface area contributed by atoms with Crippen molar-refractivity contribution in [3.63, 3.8) is 0 Å². The summed E-state index contributed by atoms with van der Waals surface area (Å²) in [5, 5.41) is 11.2. The van der Waals surface area contributed by atoms with E-state index in [4.69, 9.17) is 0 Å². The topological polar surface area (TPSA) is 40.7 Å². The number of H-pyrrole nitrogens is 1. The zero-order valence-corrected chi connectivity index (χ0v) is 9.31. The maximum atomic E-state index is 3.93. The molecule has 1 aliphatic heterocycles. The number of rotatable bonds is 3. The van der Waals surface area contributed by atoms with Gasteiger partial charge in [0.1, 0.15) is 0 Å². The van der Waals surface area contributed by atoms with E-state index < -0.39 is 0 Å². The molecule has 1 aromatic rings. The third kappa shape index (κ3) is 2.51. The van der Waals surface area contributed by atoms with Gasteiger partial charge >= 0.3 is 0 Å². The molecule has 0 radical (unpaired) electrons. The Morgan fingerprint density at radius 3 is 3.36 bits per heavy atom. The van der Waals surface area contributed by atoms with Gasteiger partial charge in [0.05, 0.1) is 0 Å². The quantitative estimate of drug-likeness (QED) is 0.800. The molecule has 0 amide bonds. The first kappa shape index (κ1) is 10.1. The molecule has 2 N–H and O–H groups in total. The molecule has 0 spiro atoms. The molecule has 0 aliphatic carbocycles. The van der Waals surface area contributed by atoms with Crippen LogP contribution < -0.4 is 5.32 Å². The minimum absolute atomic E-state index is 0.664. The van der Waals surface area contributed by atoms with Gasteiger partial charge in [-0.15, -0.1) is 0 Å². The van der Waals surface area contributed by atoms with Crippen molar-refractivity contribution >= 4 is 11.8 Å². The van der Waals surface area contributed by atoms with Gasteiger partial charge in [-0.05, 0) is 24.7 Å². The molecule has 4 heteroatoms. The second kappa shape index (κ2) is 4.84. The van der Waals surface area contributed by atoms with Crippen LogP contribution in [0.4, 0.5) is 0 Å². The Hall–Kier alpha value is -0.480. The van der Waals surface area contributed by atoms with E-state index in [2.05, 4.69) is 34.2 Å². The molecule has 3 nitrogen and oxygen atoms in total. The lowest BCUT2D eigenvalue weighted by Crippen LogP contribution is -2.38. The summed E-state index contributed by atoms with van der Waals surface area (Å²) >= 11 is 2.08. The van der Waals surface area contributed by atoms with Crippen LogP contribution in [-0.4, -0.2) is 27.2 Å². The van der Waals surface area contributed by atoms with E-state index in [9.17, 15) is 0 Å². The minimum atomic E-state index is 0.664. The van der Waals surface area contributed by atoms with Crippen LogP contribution >= 0.6 is 11.8 Å². The summed E-state index contributed by atoms with van der Waals surface area (Å²) in [6.07, 6.45) is 4.45. The minimum Gasteiger partial charge on any atom is -0.307 e. The Morgan fingerprint density at radius 2 is 2.64 bits per heavy atom. The summed E-state index contributed by atoms with van der Waals surface area (Å²) in [5.74, 6) is 1.32. The van der Waals surface area contributed by atoms with E-state index in [1.807, 2.05) is 6.07 Å². The fourth-order valence-electron chi connectivity index (χ4n) is 1.82. The molecular weight excluding hydrogens is 194 g/mol. The van der Waals surface area contributed by atoms with Crippen molar-refractivity contribution in [2.75, 3.05) is 5.75 Å². The van der Waals surface area contributed by atoms with Crippen molar-refractivity contribution in [3.8, 4) is 0 Å². The Morgan fingerprint density at radius 1 is 1.71 bits per heavy atom. The van der Waals surface area contributed by atoms with E-state index >= 15 is 0 Å². The fourth-order valence-corrected chi connectivity index (χ4v) is 2.99. The normalized spacial score (nSPS) is 27.8. The Kier molecular flexibility index (Phi) is 3.48. The highest BCUT2D eigenvalue weighted by Gasteiger charge is 2.20. The summed E-state index contributed by atoms with van der Waals surface area (Å²) in [6.45, 7) is 3.23. The highest BCUT2D eigenvalue weighted by Crippen LogP contribution is 2.25. The van der Waals surface area contributed by atoms with Gasteiger partial charge < -0.3 is 5.32 Å². The van der Waals surface area contributed by atoms with E-state index in [0.29, 0.717) is 6.04 Å². The molecule has 0 aromatic carbocycles. The molecule has 0 bridgehead atoms. The second-order valence-corrected chi connectivity index (χ2v) is 5.27. The van der Waals surface area contributed by atoms with Gasteiger partial charge in [0.2, 0.25) is 0 Å². The first-order valence-electron chi connectivity index (χ1n) is 5.19. The van der Waals surface area contributed by atoms with Gasteiger partial charge in [-0.2, -0.15) is 16.9 Å². The smallest absolute Gasteiger partial charge is 0.0490 e. The second-order valence-electron chi connectivity index (χ2n) is 3.79. The van der Waals surface area contributed by atoms with Gasteiger partial charge in [0.25, 0.3) is 0 Å². The number of hydrogen-bond donors (Lipinski definition) is 2. The molecule has 2 atom stereocenters. The molecule has 1 aliphatic rings. The predicted molar refractivity (Wildman–Crippen MR) is 60.4 cm³/mol. The third-order valence-corrected chi connectivity index (χ3v) is 4.10. The summed E-state index contributed by atoms with van der Waals surface area (Å²) in [7, 11) is 0. The number of thioether (sulfide) groups is 1. The van der Waals surface area contributed by atoms with E-state index in [1.165, 1.54) is 24.3 Å². The standard InChI is InChI=1S/C10H17N3S/c1-8-10(3-2-6-14-8)11-7-9-4-5-12-13-9/h4-5,8,10-11H,2-3,6-7H2,1H3,(H,12,13). The number of nitrogens with zero attached hydrogens (tertiary/aromatic N) is 1. The molecule has 1 saturated heterocycles. The van der Waals surface area contributed by atoms with Crippen LogP contribution in [0.3, 0.4) is 0 Å². The molecule has 14 heavy (non-hydrogen) atoms. The van der Waals surface area contributed by atoms with Gasteiger partial charge in [0.15, 0.2) is 0 Å². The lowest BCUT2D eigenvalue weighted by atomic mass is 10.1. The van der Waals surface area contributed by atoms with Gasteiger partial charge in [-0.25, -0.2) is 0 Å². The lowest BCUT2D eigenvalue weighted by molar-refractivity contribution is 0.459. The third-order valence-electron chi connectivity index (χ3n) is 2.72. The maximum absolute atomic E-state index is 3.93. The lowest BCUT2D eigenvalue weighted by Gasteiger charge is -2.29. The number of aromatic amines is 1. The van der Waals surface area contributed by atoms with Gasteiger partial charge in [-0.1, -0.05) is 6.92 Å². The van der Waals surface area contributed by atoms with Crippen LogP contribution in [-0.2, 0) is 6.54 Å². The summed E-state index contributed by atoms with van der Waals surface area (Å²) in [6, 6.07) is 2.69. The monoisotopic (exact) mass is 211 g/mol. The van der Waals surface area contributed by atoms with Gasteiger partial charge in [0, 0.05) is 29.7 Å². The number of nitrogens with one attached hydrogen (secondary N) is 2. The molecule has 1 aromatic heterocycles. The van der Waals surface area contributed by atoms with E-state index in [1.54, 1.807) is 6.20 Å². The molecule has 2 heterocycles. The van der Waals surface area contributed by atoms with Crippen molar-refractivity contribution in [2.45, 2.75) is 37.6 Å². The zero-order chi connectivity index (χ0) is 9.80. The highest BCUT2D eigenvalue weighted by molar-refractivity contribution is 7.99. The van der Waals surface area contributed by atoms with Crippen LogP contribution in [0.2, 0.25) is 0 Å². The van der Waals surface area contributed by atoms with Crippen molar-refractivity contribution in [1.29, 1.82) is 0 Å². The van der Waals surface area contributed by atoms with Crippen LogP contribution in [0.15, 0.2) is 12.3 Å². The fraction of sp³-hybridized carbons (Fsp3) is 0.700. The van der Waals surface area contributed by atoms with Crippen LogP contribution in [0.5, 0.6) is 0 Å². The van der Waals surface area contributed by atoms with Crippen molar-refractivity contribution in [2.24, 2.45) is 0 Å². The summed E-state index contributed by atoms with van der Waals surface area (Å²) < 4.78 is 0. The molecule has 78 valence electrons. The van der Waals surface area contributed by atoms with Crippen LogP contribution in [0.25, 0.3) is 0 Å². The molecular formula is C10H17N3S. The Labute approximate surface area is 89.1 Å². The van der Waals surface area contributed by atoms with E-state index in [-0.39, 0.29) is 0 Å². The van der Waals surface area contributed by atoms with Crippen molar-refractivity contribution < 1.29 is 0 Å². The van der Waals surface area contributed by atoms with Crippen molar-refractivity contribution in [1.82, 2.24) is 15.5 Å². The molecule has 0 saturated carbocycles. The molecule has 2 unspecified atom stereocenters. The zero-order valence-electron chi connectivity index (χ0n) is 8.49. The average Bonchev–Trinajstić information content (AvgIpc) is 2.69. The summed E-state index contributed by atoms with van der Waals surface area (Å²) in [5.41, 5.74) is 1.17. The van der Waals surface area contributed by atoms with E-state index in [0.717, 1.165) is 11.8 Å². The average molecular weight is 211 g/mol. The van der Waals surface area contributed by atoms with Gasteiger partial charge in [-0.3, -0.25) is 5.10 Å². The maximum Gasteiger partial charge on any atom is 0.0490 e.